The molecule has 146 valence electrons. The van der Waals surface area contributed by atoms with E-state index in [0.29, 0.717) is 16.4 Å². The summed E-state index contributed by atoms with van der Waals surface area (Å²) >= 11 is 7.66. The van der Waals surface area contributed by atoms with Crippen molar-refractivity contribution in [1.29, 1.82) is 0 Å². The Morgan fingerprint density at radius 3 is 2.75 bits per heavy atom. The fraction of sp³-hybridized carbons (Fsp3) is 0.350. The van der Waals surface area contributed by atoms with E-state index in [1.807, 2.05) is 41.9 Å². The monoisotopic (exact) mass is 416 g/mol. The van der Waals surface area contributed by atoms with Crippen molar-refractivity contribution in [3.63, 3.8) is 0 Å². The number of carbonyl (C=O) groups excluding carboxylic acids is 2. The second-order valence-corrected chi connectivity index (χ2v) is 8.37. The first-order chi connectivity index (χ1) is 13.5. The molecule has 1 fully saturated rings. The molecule has 0 radical (unpaired) electrons. The summed E-state index contributed by atoms with van der Waals surface area (Å²) in [5.41, 5.74) is 1.84. The SMILES string of the molecule is Cc1nn(Cc2ccccc2Cl)c2sc(C(=O)NCC(=O)N3CCCC3)cc12. The van der Waals surface area contributed by atoms with E-state index >= 15 is 0 Å². The number of likely N-dealkylation sites (tertiary alicyclic amines) is 1. The number of aromatic nitrogens is 2. The van der Waals surface area contributed by atoms with Gasteiger partial charge in [-0.15, -0.1) is 11.3 Å². The minimum atomic E-state index is -0.225. The van der Waals surface area contributed by atoms with Crippen LogP contribution in [0.25, 0.3) is 10.2 Å². The topological polar surface area (TPSA) is 67.2 Å². The van der Waals surface area contributed by atoms with Crippen LogP contribution >= 0.6 is 22.9 Å². The number of amides is 2. The van der Waals surface area contributed by atoms with Crippen molar-refractivity contribution in [1.82, 2.24) is 20.0 Å². The van der Waals surface area contributed by atoms with Gasteiger partial charge in [-0.25, -0.2) is 0 Å². The Kier molecular flexibility index (Phi) is 5.37. The summed E-state index contributed by atoms with van der Waals surface area (Å²) in [6.07, 6.45) is 2.08. The predicted molar refractivity (Wildman–Crippen MR) is 111 cm³/mol. The maximum atomic E-state index is 12.5. The van der Waals surface area contributed by atoms with E-state index in [2.05, 4.69) is 10.4 Å². The third kappa shape index (κ3) is 3.77. The fourth-order valence-electron chi connectivity index (χ4n) is 3.44. The standard InChI is InChI=1S/C20H21ClN4O2S/c1-13-15-10-17(19(27)22-11-18(26)24-8-4-5-9-24)28-20(15)25(23-13)12-14-6-2-3-7-16(14)21/h2-3,6-7,10H,4-5,8-9,11-12H2,1H3,(H,22,27). The molecular weight excluding hydrogens is 396 g/mol. The number of nitrogens with one attached hydrogen (secondary N) is 1. The molecule has 4 rings (SSSR count). The molecule has 3 aromatic rings. The minimum absolute atomic E-state index is 0.0203. The summed E-state index contributed by atoms with van der Waals surface area (Å²) in [5, 5.41) is 8.99. The van der Waals surface area contributed by atoms with Gasteiger partial charge < -0.3 is 10.2 Å². The zero-order chi connectivity index (χ0) is 19.7. The largest absolute Gasteiger partial charge is 0.342 e. The Labute approximate surface area is 172 Å². The van der Waals surface area contributed by atoms with Gasteiger partial charge in [0.05, 0.1) is 23.7 Å². The molecule has 0 saturated carbocycles. The highest BCUT2D eigenvalue weighted by Crippen LogP contribution is 2.29. The molecule has 2 aromatic heterocycles. The Bertz CT molecular complexity index is 1040. The van der Waals surface area contributed by atoms with Gasteiger partial charge in [0.2, 0.25) is 5.91 Å². The average molecular weight is 417 g/mol. The molecule has 0 unspecified atom stereocenters. The van der Waals surface area contributed by atoms with Crippen LogP contribution in [0.4, 0.5) is 0 Å². The van der Waals surface area contributed by atoms with Crippen LogP contribution in [0.3, 0.4) is 0 Å². The molecule has 0 aliphatic carbocycles. The highest BCUT2D eigenvalue weighted by Gasteiger charge is 2.20. The normalized spacial score (nSPS) is 14.0. The lowest BCUT2D eigenvalue weighted by molar-refractivity contribution is -0.129. The van der Waals surface area contributed by atoms with Crippen LogP contribution in [0.5, 0.6) is 0 Å². The first kappa shape index (κ1) is 19.0. The Morgan fingerprint density at radius 2 is 2.00 bits per heavy atom. The second-order valence-electron chi connectivity index (χ2n) is 6.93. The van der Waals surface area contributed by atoms with Gasteiger partial charge in [-0.1, -0.05) is 29.8 Å². The number of hydrogen-bond acceptors (Lipinski definition) is 4. The molecule has 0 bridgehead atoms. The van der Waals surface area contributed by atoms with Crippen LogP contribution in [-0.4, -0.2) is 46.1 Å². The van der Waals surface area contributed by atoms with Gasteiger partial charge in [0.15, 0.2) is 0 Å². The average Bonchev–Trinajstić information content (AvgIpc) is 3.41. The van der Waals surface area contributed by atoms with Crippen molar-refractivity contribution < 1.29 is 9.59 Å². The van der Waals surface area contributed by atoms with Crippen molar-refractivity contribution in [3.8, 4) is 0 Å². The van der Waals surface area contributed by atoms with Gasteiger partial charge in [-0.05, 0) is 37.5 Å². The molecule has 1 saturated heterocycles. The van der Waals surface area contributed by atoms with E-state index in [1.54, 1.807) is 4.90 Å². The molecular formula is C20H21ClN4O2S. The Morgan fingerprint density at radius 1 is 1.25 bits per heavy atom. The highest BCUT2D eigenvalue weighted by molar-refractivity contribution is 7.20. The zero-order valence-corrected chi connectivity index (χ0v) is 17.1. The van der Waals surface area contributed by atoms with Crippen molar-refractivity contribution in [3.05, 3.63) is 51.5 Å². The van der Waals surface area contributed by atoms with E-state index in [9.17, 15) is 9.59 Å². The quantitative estimate of drug-likeness (QED) is 0.692. The van der Waals surface area contributed by atoms with Gasteiger partial charge in [-0.2, -0.15) is 5.10 Å². The smallest absolute Gasteiger partial charge is 0.261 e. The molecule has 6 nitrogen and oxygen atoms in total. The first-order valence-corrected chi connectivity index (χ1v) is 10.5. The van der Waals surface area contributed by atoms with Gasteiger partial charge in [0, 0.05) is 23.5 Å². The Hall–Kier alpha value is -2.38. The lowest BCUT2D eigenvalue weighted by Gasteiger charge is -2.15. The third-order valence-electron chi connectivity index (χ3n) is 4.97. The maximum absolute atomic E-state index is 12.5. The summed E-state index contributed by atoms with van der Waals surface area (Å²) in [5.74, 6) is -0.245. The number of halogens is 1. The fourth-order valence-corrected chi connectivity index (χ4v) is 4.71. The summed E-state index contributed by atoms with van der Waals surface area (Å²) in [6.45, 7) is 4.08. The number of nitrogens with zero attached hydrogens (tertiary/aromatic N) is 3. The molecule has 3 heterocycles. The number of carbonyl (C=O) groups is 2. The van der Waals surface area contributed by atoms with E-state index in [0.717, 1.165) is 47.4 Å². The van der Waals surface area contributed by atoms with E-state index in [4.69, 9.17) is 11.6 Å². The van der Waals surface area contributed by atoms with Gasteiger partial charge in [-0.3, -0.25) is 14.3 Å². The minimum Gasteiger partial charge on any atom is -0.342 e. The summed E-state index contributed by atoms with van der Waals surface area (Å²) in [7, 11) is 0. The molecule has 0 spiro atoms. The number of thiophene rings is 1. The summed E-state index contributed by atoms with van der Waals surface area (Å²) in [4.78, 5) is 28.0. The van der Waals surface area contributed by atoms with Crippen LogP contribution in [0, 0.1) is 6.92 Å². The number of hydrogen-bond donors (Lipinski definition) is 1. The molecule has 1 aliphatic heterocycles. The van der Waals surface area contributed by atoms with Crippen molar-refractivity contribution in [2.45, 2.75) is 26.3 Å². The van der Waals surface area contributed by atoms with Crippen molar-refractivity contribution >= 4 is 45.0 Å². The number of benzene rings is 1. The number of fused-ring (bicyclic) bond motifs is 1. The van der Waals surface area contributed by atoms with E-state index in [-0.39, 0.29) is 18.4 Å². The van der Waals surface area contributed by atoms with E-state index < -0.39 is 0 Å². The summed E-state index contributed by atoms with van der Waals surface area (Å²) < 4.78 is 1.88. The number of rotatable bonds is 5. The molecule has 0 atom stereocenters. The molecule has 2 amide bonds. The molecule has 8 heteroatoms. The summed E-state index contributed by atoms with van der Waals surface area (Å²) in [6, 6.07) is 9.51. The first-order valence-electron chi connectivity index (χ1n) is 9.29. The zero-order valence-electron chi connectivity index (χ0n) is 15.6. The number of aryl methyl sites for hydroxylation is 1. The van der Waals surface area contributed by atoms with Crippen molar-refractivity contribution in [2.75, 3.05) is 19.6 Å². The lowest BCUT2D eigenvalue weighted by atomic mass is 10.2. The van der Waals surface area contributed by atoms with Crippen LogP contribution in [-0.2, 0) is 11.3 Å². The predicted octanol–water partition coefficient (Wildman–Crippen LogP) is 3.46. The van der Waals surface area contributed by atoms with Gasteiger partial charge in [0.1, 0.15) is 4.83 Å². The van der Waals surface area contributed by atoms with Gasteiger partial charge >= 0.3 is 0 Å². The van der Waals surface area contributed by atoms with Crippen LogP contribution in [0.15, 0.2) is 30.3 Å². The van der Waals surface area contributed by atoms with Crippen LogP contribution < -0.4 is 5.32 Å². The molecule has 1 N–H and O–H groups in total. The maximum Gasteiger partial charge on any atom is 0.261 e. The highest BCUT2D eigenvalue weighted by atomic mass is 35.5. The van der Waals surface area contributed by atoms with Crippen molar-refractivity contribution in [2.24, 2.45) is 0 Å². The molecule has 28 heavy (non-hydrogen) atoms. The second kappa shape index (κ2) is 7.93. The lowest BCUT2D eigenvalue weighted by Crippen LogP contribution is -2.38. The Balaban J connectivity index is 1.50. The van der Waals surface area contributed by atoms with E-state index in [1.165, 1.54) is 11.3 Å². The van der Waals surface area contributed by atoms with Crippen LogP contribution in [0.2, 0.25) is 5.02 Å². The molecule has 1 aliphatic rings. The van der Waals surface area contributed by atoms with Gasteiger partial charge in [0.25, 0.3) is 5.91 Å². The third-order valence-corrected chi connectivity index (χ3v) is 6.48. The van der Waals surface area contributed by atoms with Crippen LogP contribution in [0.1, 0.15) is 33.8 Å². The molecule has 1 aromatic carbocycles.